The van der Waals surface area contributed by atoms with Crippen LogP contribution in [0.3, 0.4) is 0 Å². The molecule has 1 aromatic carbocycles. The maximum absolute atomic E-state index is 11.9. The van der Waals surface area contributed by atoms with Crippen molar-refractivity contribution in [2.45, 2.75) is 24.5 Å². The van der Waals surface area contributed by atoms with Gasteiger partial charge in [-0.1, -0.05) is 12.1 Å². The lowest BCUT2D eigenvalue weighted by Crippen LogP contribution is -2.23. The summed E-state index contributed by atoms with van der Waals surface area (Å²) in [6.45, 7) is 3.79. The Morgan fingerprint density at radius 1 is 1.25 bits per heavy atom. The fourth-order valence-electron chi connectivity index (χ4n) is 2.02. The van der Waals surface area contributed by atoms with Gasteiger partial charge in [0.05, 0.1) is 12.8 Å². The SMILES string of the molecule is COc1ccc(CSc2c(C)nn(C)c(=O)c2C)cc1. The van der Waals surface area contributed by atoms with Gasteiger partial charge in [-0.25, -0.2) is 4.68 Å². The first-order valence-electron chi connectivity index (χ1n) is 6.33. The van der Waals surface area contributed by atoms with Gasteiger partial charge in [0, 0.05) is 23.3 Å². The molecule has 0 fully saturated rings. The highest BCUT2D eigenvalue weighted by molar-refractivity contribution is 7.98. The summed E-state index contributed by atoms with van der Waals surface area (Å²) in [6, 6.07) is 7.95. The molecule has 0 radical (unpaired) electrons. The number of benzene rings is 1. The molecule has 1 aromatic heterocycles. The largest absolute Gasteiger partial charge is 0.497 e. The van der Waals surface area contributed by atoms with Gasteiger partial charge in [0.1, 0.15) is 5.75 Å². The Morgan fingerprint density at radius 2 is 1.90 bits per heavy atom. The lowest BCUT2D eigenvalue weighted by atomic mass is 10.2. The number of methoxy groups -OCH3 is 1. The Bertz CT molecular complexity index is 663. The van der Waals surface area contributed by atoms with Crippen LogP contribution in [0.1, 0.15) is 16.8 Å². The van der Waals surface area contributed by atoms with Gasteiger partial charge >= 0.3 is 0 Å². The van der Waals surface area contributed by atoms with Crippen LogP contribution in [-0.4, -0.2) is 16.9 Å². The molecule has 0 spiro atoms. The maximum Gasteiger partial charge on any atom is 0.270 e. The predicted molar refractivity (Wildman–Crippen MR) is 81.5 cm³/mol. The summed E-state index contributed by atoms with van der Waals surface area (Å²) in [5.41, 5.74) is 2.81. The van der Waals surface area contributed by atoms with E-state index in [1.807, 2.05) is 38.1 Å². The molecular formula is C15H18N2O2S. The van der Waals surface area contributed by atoms with Crippen molar-refractivity contribution in [1.82, 2.24) is 9.78 Å². The topological polar surface area (TPSA) is 44.1 Å². The molecule has 4 nitrogen and oxygen atoms in total. The van der Waals surface area contributed by atoms with Crippen molar-refractivity contribution in [2.24, 2.45) is 7.05 Å². The average Bonchev–Trinajstić information content (AvgIpc) is 2.45. The van der Waals surface area contributed by atoms with E-state index in [0.717, 1.165) is 27.7 Å². The summed E-state index contributed by atoms with van der Waals surface area (Å²) in [5.74, 6) is 1.65. The average molecular weight is 290 g/mol. The number of rotatable bonds is 4. The number of thioether (sulfide) groups is 1. The second-order valence-electron chi connectivity index (χ2n) is 4.61. The molecule has 0 aliphatic rings. The molecule has 0 aliphatic carbocycles. The number of aromatic nitrogens is 2. The molecule has 0 N–H and O–H groups in total. The minimum atomic E-state index is -0.0344. The van der Waals surface area contributed by atoms with Crippen molar-refractivity contribution in [3.8, 4) is 5.75 Å². The highest BCUT2D eigenvalue weighted by Crippen LogP contribution is 2.27. The van der Waals surface area contributed by atoms with Crippen molar-refractivity contribution in [3.05, 3.63) is 51.4 Å². The minimum absolute atomic E-state index is 0.0344. The molecule has 2 rings (SSSR count). The van der Waals surface area contributed by atoms with Crippen molar-refractivity contribution in [1.29, 1.82) is 0 Å². The third kappa shape index (κ3) is 3.04. The number of hydrogen-bond acceptors (Lipinski definition) is 4. The third-order valence-corrected chi connectivity index (χ3v) is 4.49. The van der Waals surface area contributed by atoms with E-state index in [0.29, 0.717) is 0 Å². The summed E-state index contributed by atoms with van der Waals surface area (Å²) < 4.78 is 6.53. The van der Waals surface area contributed by atoms with E-state index in [9.17, 15) is 4.79 Å². The molecule has 5 heteroatoms. The Labute approximate surface area is 122 Å². The monoisotopic (exact) mass is 290 g/mol. The molecule has 2 aromatic rings. The quantitative estimate of drug-likeness (QED) is 0.812. The van der Waals surface area contributed by atoms with Crippen LogP contribution in [0.25, 0.3) is 0 Å². The van der Waals surface area contributed by atoms with Crippen LogP contribution in [0, 0.1) is 13.8 Å². The number of nitrogens with zero attached hydrogens (tertiary/aromatic N) is 2. The van der Waals surface area contributed by atoms with Gasteiger partial charge in [-0.05, 0) is 31.5 Å². The lowest BCUT2D eigenvalue weighted by Gasteiger charge is -2.10. The van der Waals surface area contributed by atoms with Crippen LogP contribution in [0.2, 0.25) is 0 Å². The van der Waals surface area contributed by atoms with Gasteiger partial charge < -0.3 is 4.74 Å². The Hall–Kier alpha value is -1.75. The normalized spacial score (nSPS) is 10.6. The van der Waals surface area contributed by atoms with E-state index in [2.05, 4.69) is 5.10 Å². The van der Waals surface area contributed by atoms with Gasteiger partial charge in [0.15, 0.2) is 0 Å². The first-order chi connectivity index (χ1) is 9.52. The molecule has 0 saturated carbocycles. The highest BCUT2D eigenvalue weighted by Gasteiger charge is 2.10. The van der Waals surface area contributed by atoms with Crippen molar-refractivity contribution in [3.63, 3.8) is 0 Å². The molecule has 0 bridgehead atoms. The molecule has 0 unspecified atom stereocenters. The zero-order valence-corrected chi connectivity index (χ0v) is 13.0. The molecular weight excluding hydrogens is 272 g/mol. The fourth-order valence-corrected chi connectivity index (χ4v) is 3.07. The van der Waals surface area contributed by atoms with Gasteiger partial charge in [0.2, 0.25) is 0 Å². The van der Waals surface area contributed by atoms with Crippen molar-refractivity contribution < 1.29 is 4.74 Å². The molecule has 0 aliphatic heterocycles. The van der Waals surface area contributed by atoms with Crippen molar-refractivity contribution in [2.75, 3.05) is 7.11 Å². The van der Waals surface area contributed by atoms with E-state index in [-0.39, 0.29) is 5.56 Å². The summed E-state index contributed by atoms with van der Waals surface area (Å²) in [7, 11) is 3.34. The molecule has 106 valence electrons. The minimum Gasteiger partial charge on any atom is -0.497 e. The highest BCUT2D eigenvalue weighted by atomic mass is 32.2. The first kappa shape index (κ1) is 14.7. The first-order valence-corrected chi connectivity index (χ1v) is 7.31. The third-order valence-electron chi connectivity index (χ3n) is 3.13. The van der Waals surface area contributed by atoms with E-state index in [1.54, 1.807) is 25.9 Å². The molecule has 0 amide bonds. The standard InChI is InChI=1S/C15H18N2O2S/c1-10-14(11(2)16-17(3)15(10)18)20-9-12-5-7-13(19-4)8-6-12/h5-8H,9H2,1-4H3. The van der Waals surface area contributed by atoms with Crippen LogP contribution in [0.15, 0.2) is 34.0 Å². The molecule has 0 atom stereocenters. The van der Waals surface area contributed by atoms with Crippen LogP contribution in [0.4, 0.5) is 0 Å². The smallest absolute Gasteiger partial charge is 0.270 e. The zero-order chi connectivity index (χ0) is 14.7. The van der Waals surface area contributed by atoms with Gasteiger partial charge in [0.25, 0.3) is 5.56 Å². The number of ether oxygens (including phenoxy) is 1. The summed E-state index contributed by atoms with van der Waals surface area (Å²) in [4.78, 5) is 12.9. The van der Waals surface area contributed by atoms with Crippen LogP contribution in [-0.2, 0) is 12.8 Å². The second-order valence-corrected chi connectivity index (χ2v) is 5.59. The molecule has 1 heterocycles. The Morgan fingerprint density at radius 3 is 2.50 bits per heavy atom. The Kier molecular flexibility index (Phi) is 4.49. The molecule has 0 saturated heterocycles. The van der Waals surface area contributed by atoms with E-state index in [1.165, 1.54) is 10.2 Å². The summed E-state index contributed by atoms with van der Waals surface area (Å²) in [5, 5.41) is 4.24. The molecule has 20 heavy (non-hydrogen) atoms. The van der Waals surface area contributed by atoms with Gasteiger partial charge in [-0.2, -0.15) is 5.10 Å². The van der Waals surface area contributed by atoms with Crippen molar-refractivity contribution >= 4 is 11.8 Å². The van der Waals surface area contributed by atoms with E-state index < -0.39 is 0 Å². The predicted octanol–water partition coefficient (Wildman–Crippen LogP) is 2.70. The van der Waals surface area contributed by atoms with Crippen LogP contribution in [0.5, 0.6) is 5.75 Å². The number of aryl methyl sites for hydroxylation is 2. The number of hydrogen-bond donors (Lipinski definition) is 0. The van der Waals surface area contributed by atoms with Crippen LogP contribution >= 0.6 is 11.8 Å². The van der Waals surface area contributed by atoms with E-state index in [4.69, 9.17) is 4.74 Å². The summed E-state index contributed by atoms with van der Waals surface area (Å²) >= 11 is 1.65. The van der Waals surface area contributed by atoms with Gasteiger partial charge in [-0.15, -0.1) is 11.8 Å². The Balaban J connectivity index is 2.18. The zero-order valence-electron chi connectivity index (χ0n) is 12.1. The van der Waals surface area contributed by atoms with E-state index >= 15 is 0 Å². The lowest BCUT2D eigenvalue weighted by molar-refractivity contribution is 0.414. The van der Waals surface area contributed by atoms with Gasteiger partial charge in [-0.3, -0.25) is 4.79 Å². The maximum atomic E-state index is 11.9. The van der Waals surface area contributed by atoms with Crippen LogP contribution < -0.4 is 10.3 Å². The second kappa shape index (κ2) is 6.13. The fraction of sp³-hybridized carbons (Fsp3) is 0.333. The summed E-state index contributed by atoms with van der Waals surface area (Å²) in [6.07, 6.45) is 0.